The number of thiocarbonyl (C=S) groups is 1. The Balaban J connectivity index is 1.45. The van der Waals surface area contributed by atoms with E-state index in [1.807, 2.05) is 25.1 Å². The van der Waals surface area contributed by atoms with Crippen molar-refractivity contribution in [1.29, 1.82) is 0 Å². The molecule has 0 spiro atoms. The van der Waals surface area contributed by atoms with Crippen molar-refractivity contribution >= 4 is 34.8 Å². The lowest BCUT2D eigenvalue weighted by atomic mass is 10.2. The maximum atomic E-state index is 12.5. The molecule has 0 aliphatic rings. The standard InChI is InChI=1S/C26H27N3O3S/c1-2-17-27-24(30)20-8-12-22(13-9-20)28-26(33)29-25(31)21-10-14-23(15-11-21)32-18-16-19-6-4-3-5-7-19/h3-15H,2,16-18H2,1H3,(H,27,30)(H2,28,29,31,33). The van der Waals surface area contributed by atoms with E-state index in [1.54, 1.807) is 48.5 Å². The maximum Gasteiger partial charge on any atom is 0.257 e. The lowest BCUT2D eigenvalue weighted by Crippen LogP contribution is -2.34. The normalized spacial score (nSPS) is 10.2. The highest BCUT2D eigenvalue weighted by Gasteiger charge is 2.09. The van der Waals surface area contributed by atoms with Crippen LogP contribution in [0.4, 0.5) is 5.69 Å². The zero-order valence-corrected chi connectivity index (χ0v) is 19.3. The first-order valence-electron chi connectivity index (χ1n) is 10.8. The predicted molar refractivity (Wildman–Crippen MR) is 135 cm³/mol. The monoisotopic (exact) mass is 461 g/mol. The largest absolute Gasteiger partial charge is 0.493 e. The number of nitrogens with one attached hydrogen (secondary N) is 3. The Bertz CT molecular complexity index is 1070. The van der Waals surface area contributed by atoms with Crippen LogP contribution in [0.3, 0.4) is 0 Å². The molecule has 0 fully saturated rings. The lowest BCUT2D eigenvalue weighted by molar-refractivity contribution is 0.0951. The molecule has 170 valence electrons. The minimum Gasteiger partial charge on any atom is -0.493 e. The van der Waals surface area contributed by atoms with Crippen molar-refractivity contribution in [2.24, 2.45) is 0 Å². The quantitative estimate of drug-likeness (QED) is 0.407. The second kappa shape index (κ2) is 12.4. The molecule has 0 unspecified atom stereocenters. The third-order valence-corrected chi connectivity index (χ3v) is 4.99. The summed E-state index contributed by atoms with van der Waals surface area (Å²) < 4.78 is 5.75. The van der Waals surface area contributed by atoms with E-state index in [0.717, 1.165) is 12.8 Å². The summed E-state index contributed by atoms with van der Waals surface area (Å²) in [4.78, 5) is 24.4. The van der Waals surface area contributed by atoms with Gasteiger partial charge in [0, 0.05) is 29.8 Å². The molecular formula is C26H27N3O3S. The average Bonchev–Trinajstić information content (AvgIpc) is 2.84. The Hall–Kier alpha value is -3.71. The summed E-state index contributed by atoms with van der Waals surface area (Å²) in [7, 11) is 0. The van der Waals surface area contributed by atoms with Crippen LogP contribution in [-0.4, -0.2) is 30.1 Å². The van der Waals surface area contributed by atoms with E-state index in [1.165, 1.54) is 5.56 Å². The van der Waals surface area contributed by atoms with E-state index in [4.69, 9.17) is 17.0 Å². The van der Waals surface area contributed by atoms with E-state index in [-0.39, 0.29) is 16.9 Å². The number of ether oxygens (including phenoxy) is 1. The molecule has 3 aromatic rings. The van der Waals surface area contributed by atoms with Crippen molar-refractivity contribution < 1.29 is 14.3 Å². The summed E-state index contributed by atoms with van der Waals surface area (Å²) in [5, 5.41) is 8.60. The van der Waals surface area contributed by atoms with Gasteiger partial charge in [-0.1, -0.05) is 37.3 Å². The highest BCUT2D eigenvalue weighted by molar-refractivity contribution is 7.80. The number of hydrogen-bond donors (Lipinski definition) is 3. The molecule has 3 rings (SSSR count). The van der Waals surface area contributed by atoms with Crippen LogP contribution in [0, 0.1) is 0 Å². The van der Waals surface area contributed by atoms with Gasteiger partial charge in [-0.2, -0.15) is 0 Å². The maximum absolute atomic E-state index is 12.5. The fourth-order valence-electron chi connectivity index (χ4n) is 3.02. The van der Waals surface area contributed by atoms with Crippen LogP contribution >= 0.6 is 12.2 Å². The van der Waals surface area contributed by atoms with Gasteiger partial charge in [-0.3, -0.25) is 14.9 Å². The van der Waals surface area contributed by atoms with E-state index in [9.17, 15) is 9.59 Å². The Morgan fingerprint density at radius 2 is 1.48 bits per heavy atom. The first kappa shape index (κ1) is 23.9. The molecule has 0 aliphatic heterocycles. The van der Waals surface area contributed by atoms with Crippen molar-refractivity contribution in [3.05, 3.63) is 95.6 Å². The predicted octanol–water partition coefficient (Wildman–Crippen LogP) is 4.57. The van der Waals surface area contributed by atoms with Crippen molar-refractivity contribution in [3.63, 3.8) is 0 Å². The van der Waals surface area contributed by atoms with Crippen LogP contribution in [-0.2, 0) is 6.42 Å². The number of amides is 2. The van der Waals surface area contributed by atoms with Gasteiger partial charge in [0.15, 0.2) is 5.11 Å². The van der Waals surface area contributed by atoms with Crippen LogP contribution in [0.2, 0.25) is 0 Å². The Morgan fingerprint density at radius 1 is 0.848 bits per heavy atom. The molecule has 0 bridgehead atoms. The van der Waals surface area contributed by atoms with Crippen molar-refractivity contribution in [2.75, 3.05) is 18.5 Å². The van der Waals surface area contributed by atoms with Gasteiger partial charge >= 0.3 is 0 Å². The average molecular weight is 462 g/mol. The highest BCUT2D eigenvalue weighted by atomic mass is 32.1. The van der Waals surface area contributed by atoms with Gasteiger partial charge in [0.05, 0.1) is 6.61 Å². The number of carbonyl (C=O) groups is 2. The number of rotatable bonds is 9. The van der Waals surface area contributed by atoms with E-state index in [0.29, 0.717) is 35.7 Å². The number of carbonyl (C=O) groups excluding carboxylic acids is 2. The third kappa shape index (κ3) is 7.73. The molecular weight excluding hydrogens is 434 g/mol. The summed E-state index contributed by atoms with van der Waals surface area (Å²) in [6.45, 7) is 3.19. The smallest absolute Gasteiger partial charge is 0.257 e. The molecule has 0 aromatic heterocycles. The molecule has 0 saturated carbocycles. The third-order valence-electron chi connectivity index (χ3n) is 4.79. The van der Waals surface area contributed by atoms with Gasteiger partial charge in [0.2, 0.25) is 0 Å². The van der Waals surface area contributed by atoms with Gasteiger partial charge < -0.3 is 15.4 Å². The minimum absolute atomic E-state index is 0.119. The van der Waals surface area contributed by atoms with Crippen LogP contribution in [0.15, 0.2) is 78.9 Å². The molecule has 0 radical (unpaired) electrons. The van der Waals surface area contributed by atoms with Gasteiger partial charge in [-0.05, 0) is 72.7 Å². The zero-order chi connectivity index (χ0) is 23.5. The molecule has 7 heteroatoms. The zero-order valence-electron chi connectivity index (χ0n) is 18.5. The van der Waals surface area contributed by atoms with E-state index in [2.05, 4.69) is 28.1 Å². The van der Waals surface area contributed by atoms with Crippen molar-refractivity contribution in [1.82, 2.24) is 10.6 Å². The van der Waals surface area contributed by atoms with Gasteiger partial charge in [0.25, 0.3) is 11.8 Å². The number of anilines is 1. The fourth-order valence-corrected chi connectivity index (χ4v) is 3.23. The van der Waals surface area contributed by atoms with E-state index < -0.39 is 0 Å². The van der Waals surface area contributed by atoms with E-state index >= 15 is 0 Å². The first-order chi connectivity index (χ1) is 16.0. The summed E-state index contributed by atoms with van der Waals surface area (Å²) >= 11 is 5.24. The van der Waals surface area contributed by atoms with Gasteiger partial charge in [-0.15, -0.1) is 0 Å². The lowest BCUT2D eigenvalue weighted by Gasteiger charge is -2.11. The Kier molecular flexibility index (Phi) is 8.97. The number of hydrogen-bond acceptors (Lipinski definition) is 4. The molecule has 0 heterocycles. The molecule has 2 amide bonds. The first-order valence-corrected chi connectivity index (χ1v) is 11.2. The van der Waals surface area contributed by atoms with Crippen LogP contribution in [0.1, 0.15) is 39.6 Å². The highest BCUT2D eigenvalue weighted by Crippen LogP contribution is 2.14. The van der Waals surface area contributed by atoms with Crippen molar-refractivity contribution in [2.45, 2.75) is 19.8 Å². The molecule has 6 nitrogen and oxygen atoms in total. The second-order valence-electron chi connectivity index (χ2n) is 7.35. The SMILES string of the molecule is CCCNC(=O)c1ccc(NC(=S)NC(=O)c2ccc(OCCc3ccccc3)cc2)cc1. The fraction of sp³-hybridized carbons (Fsp3) is 0.192. The van der Waals surface area contributed by atoms with Gasteiger partial charge in [0.1, 0.15) is 5.75 Å². The summed E-state index contributed by atoms with van der Waals surface area (Å²) in [6.07, 6.45) is 1.69. The Labute approximate surface area is 199 Å². The summed E-state index contributed by atoms with van der Waals surface area (Å²) in [6, 6.07) is 23.9. The van der Waals surface area contributed by atoms with Gasteiger partial charge in [-0.25, -0.2) is 0 Å². The second-order valence-corrected chi connectivity index (χ2v) is 7.76. The Morgan fingerprint density at radius 3 is 2.15 bits per heavy atom. The summed E-state index contributed by atoms with van der Waals surface area (Å²) in [5.41, 5.74) is 2.92. The minimum atomic E-state index is -0.320. The molecule has 0 saturated heterocycles. The van der Waals surface area contributed by atoms with Crippen LogP contribution in [0.25, 0.3) is 0 Å². The summed E-state index contributed by atoms with van der Waals surface area (Å²) in [5.74, 6) is 0.261. The van der Waals surface area contributed by atoms with Crippen LogP contribution < -0.4 is 20.7 Å². The molecule has 0 atom stereocenters. The molecule has 0 aliphatic carbocycles. The molecule has 3 aromatic carbocycles. The topological polar surface area (TPSA) is 79.5 Å². The molecule has 3 N–H and O–H groups in total. The van der Waals surface area contributed by atoms with Crippen molar-refractivity contribution in [3.8, 4) is 5.75 Å². The number of benzene rings is 3. The van der Waals surface area contributed by atoms with Crippen LogP contribution in [0.5, 0.6) is 5.75 Å². The molecule has 33 heavy (non-hydrogen) atoms.